The van der Waals surface area contributed by atoms with Crippen LogP contribution in [0.4, 0.5) is 0 Å². The average Bonchev–Trinajstić information content (AvgIpc) is 3.41. The Kier molecular flexibility index (Phi) is 2.51. The Morgan fingerprint density at radius 3 is 1.36 bits per heavy atom. The summed E-state index contributed by atoms with van der Waals surface area (Å²) in [5.41, 5.74) is 4.39. The Morgan fingerprint density at radius 2 is 1.04 bits per heavy atom. The van der Waals surface area contributed by atoms with E-state index in [1.165, 1.54) is 25.0 Å². The summed E-state index contributed by atoms with van der Waals surface area (Å²) in [5, 5.41) is 0. The first-order chi connectivity index (χ1) is 13.4. The molecule has 0 aromatic rings. The number of ether oxygens (including phenoxy) is 2. The van der Waals surface area contributed by atoms with E-state index < -0.39 is 24.1 Å². The molecule has 0 aromatic heterocycles. The third-order valence-electron chi connectivity index (χ3n) is 8.91. The summed E-state index contributed by atoms with van der Waals surface area (Å²) in [6.45, 7) is 2.71. The van der Waals surface area contributed by atoms with Crippen LogP contribution in [0, 0.1) is 47.3 Å². The predicted molar refractivity (Wildman–Crippen MR) is 92.3 cm³/mol. The highest BCUT2D eigenvalue weighted by atomic mass is 16.5. The van der Waals surface area contributed by atoms with E-state index in [-0.39, 0.29) is 11.6 Å². The van der Waals surface area contributed by atoms with Gasteiger partial charge in [0.1, 0.15) is 0 Å². The van der Waals surface area contributed by atoms with Crippen LogP contribution in [0.5, 0.6) is 0 Å². The minimum absolute atomic E-state index is 0.0269. The zero-order valence-electron chi connectivity index (χ0n) is 15.6. The summed E-state index contributed by atoms with van der Waals surface area (Å²) >= 11 is 0. The van der Waals surface area contributed by atoms with Crippen molar-refractivity contribution in [3.8, 4) is 0 Å². The van der Waals surface area contributed by atoms with E-state index in [1.807, 2.05) is 0 Å². The lowest BCUT2D eigenvalue weighted by atomic mass is 9.68. The summed E-state index contributed by atoms with van der Waals surface area (Å²) in [6, 6.07) is 0. The van der Waals surface area contributed by atoms with Gasteiger partial charge in [-0.15, -0.1) is 0 Å². The van der Waals surface area contributed by atoms with E-state index >= 15 is 0 Å². The van der Waals surface area contributed by atoms with Crippen LogP contribution in [0.15, 0.2) is 22.3 Å². The van der Waals surface area contributed by atoms with E-state index in [1.54, 1.807) is 0 Å². The Morgan fingerprint density at radius 1 is 0.679 bits per heavy atom. The molecule has 0 N–H and O–H groups in total. The molecule has 8 aliphatic carbocycles. The zero-order valence-corrected chi connectivity index (χ0v) is 15.6. The van der Waals surface area contributed by atoms with Gasteiger partial charge in [0, 0.05) is 37.8 Å². The first-order valence-electron chi connectivity index (χ1n) is 10.3. The molecule has 0 unspecified atom stereocenters. The monoisotopic (exact) mass is 380 g/mol. The number of hydrogen-bond donors (Lipinski definition) is 0. The SMILES string of the molecule is CC(=O)O[C@H]1CC2=C(C1=O)[C@H]1[C@H]3[C@H]4C5=C(C(=O)[C@H](OC(C)=O)C5)[C@H]5[C@H]3[C@@H]2[C@@H]1[C@H]45. The van der Waals surface area contributed by atoms with Crippen molar-refractivity contribution in [3.63, 3.8) is 0 Å². The highest BCUT2D eigenvalue weighted by Crippen LogP contribution is 2.85. The molecule has 144 valence electrons. The first-order valence-corrected chi connectivity index (χ1v) is 10.3. The van der Waals surface area contributed by atoms with Crippen molar-refractivity contribution < 1.29 is 28.7 Å². The second-order valence-electron chi connectivity index (χ2n) is 9.62. The smallest absolute Gasteiger partial charge is 0.303 e. The van der Waals surface area contributed by atoms with E-state index in [0.717, 1.165) is 11.1 Å². The van der Waals surface area contributed by atoms with Crippen molar-refractivity contribution in [1.82, 2.24) is 0 Å². The average molecular weight is 380 g/mol. The molecule has 10 atom stereocenters. The van der Waals surface area contributed by atoms with Crippen LogP contribution < -0.4 is 0 Å². The molecule has 8 aliphatic rings. The van der Waals surface area contributed by atoms with Gasteiger partial charge in [0.15, 0.2) is 23.8 Å². The number of carbonyl (C=O) groups is 4. The van der Waals surface area contributed by atoms with Gasteiger partial charge in [-0.2, -0.15) is 0 Å². The van der Waals surface area contributed by atoms with Crippen LogP contribution in [-0.4, -0.2) is 35.7 Å². The normalized spacial score (nSPS) is 50.4. The van der Waals surface area contributed by atoms with Crippen molar-refractivity contribution >= 4 is 23.5 Å². The Balaban J connectivity index is 1.23. The largest absolute Gasteiger partial charge is 0.454 e. The molecular formula is C22H20O6. The zero-order chi connectivity index (χ0) is 19.2. The lowest BCUT2D eigenvalue weighted by Gasteiger charge is -2.35. The number of rotatable bonds is 2. The second-order valence-corrected chi connectivity index (χ2v) is 9.62. The number of hydrogen-bond acceptors (Lipinski definition) is 6. The van der Waals surface area contributed by atoms with Crippen LogP contribution in [0.2, 0.25) is 0 Å². The summed E-state index contributed by atoms with van der Waals surface area (Å²) in [6.07, 6.45) is -0.159. The third kappa shape index (κ3) is 1.40. The van der Waals surface area contributed by atoms with Gasteiger partial charge in [-0.3, -0.25) is 19.2 Å². The molecule has 0 aromatic carbocycles. The van der Waals surface area contributed by atoms with Gasteiger partial charge in [0.05, 0.1) is 0 Å². The summed E-state index contributed by atoms with van der Waals surface area (Å²) in [5.74, 6) is 2.48. The molecule has 0 amide bonds. The van der Waals surface area contributed by atoms with Gasteiger partial charge in [-0.05, 0) is 47.3 Å². The fraction of sp³-hybridized carbons (Fsp3) is 0.636. The van der Waals surface area contributed by atoms with E-state index in [0.29, 0.717) is 60.2 Å². The van der Waals surface area contributed by atoms with Crippen molar-refractivity contribution in [3.05, 3.63) is 22.3 Å². The van der Waals surface area contributed by atoms with Gasteiger partial charge in [0.25, 0.3) is 0 Å². The van der Waals surface area contributed by atoms with Crippen LogP contribution >= 0.6 is 0 Å². The van der Waals surface area contributed by atoms with Gasteiger partial charge in [0.2, 0.25) is 0 Å². The maximum Gasteiger partial charge on any atom is 0.303 e. The van der Waals surface area contributed by atoms with Crippen molar-refractivity contribution in [2.45, 2.75) is 38.9 Å². The number of Topliss-reactive ketones (excluding diaryl/α,β-unsaturated/α-hetero) is 2. The molecule has 8 bridgehead atoms. The lowest BCUT2D eigenvalue weighted by Crippen LogP contribution is -2.33. The van der Waals surface area contributed by atoms with Gasteiger partial charge >= 0.3 is 11.9 Å². The van der Waals surface area contributed by atoms with E-state index in [2.05, 4.69) is 0 Å². The van der Waals surface area contributed by atoms with Crippen molar-refractivity contribution in [2.75, 3.05) is 0 Å². The van der Waals surface area contributed by atoms with Gasteiger partial charge in [-0.1, -0.05) is 11.1 Å². The Hall–Kier alpha value is -2.24. The molecule has 0 radical (unpaired) electrons. The summed E-state index contributed by atoms with van der Waals surface area (Å²) in [4.78, 5) is 48.7. The molecule has 4 fully saturated rings. The first kappa shape index (κ1) is 15.7. The van der Waals surface area contributed by atoms with Gasteiger partial charge < -0.3 is 9.47 Å². The molecule has 4 saturated carbocycles. The van der Waals surface area contributed by atoms with Crippen molar-refractivity contribution in [2.24, 2.45) is 47.3 Å². The molecule has 0 spiro atoms. The highest BCUT2D eigenvalue weighted by Gasteiger charge is 2.83. The Bertz CT molecular complexity index is 920. The molecular weight excluding hydrogens is 360 g/mol. The van der Waals surface area contributed by atoms with Gasteiger partial charge in [-0.25, -0.2) is 0 Å². The standard InChI is InChI=1S/C22H20O6/c1-5(23)27-9-3-7-11-15-16-12-8-4-10(28-6(2)24)22(26)14(8)20(16)17(11)18(12)19(15)13(7)21(9)25/h9-12,15-20H,3-4H2,1-2H3/t9-,10+,11-,12-,15+,16-,17-,18-,19+,20+/m0/s1. The summed E-state index contributed by atoms with van der Waals surface area (Å²) in [7, 11) is 0. The molecule has 8 rings (SSSR count). The van der Waals surface area contributed by atoms with Crippen molar-refractivity contribution in [1.29, 1.82) is 0 Å². The van der Waals surface area contributed by atoms with Crippen LogP contribution in [0.25, 0.3) is 0 Å². The molecule has 0 aliphatic heterocycles. The quantitative estimate of drug-likeness (QED) is 0.673. The number of esters is 2. The molecule has 6 nitrogen and oxygen atoms in total. The molecule has 0 heterocycles. The maximum atomic E-state index is 13.0. The predicted octanol–water partition coefficient (Wildman–Crippen LogP) is 1.39. The number of ketones is 2. The molecule has 0 saturated heterocycles. The molecule has 6 heteroatoms. The minimum Gasteiger partial charge on any atom is -0.454 e. The van der Waals surface area contributed by atoms with Crippen LogP contribution in [0.1, 0.15) is 26.7 Å². The lowest BCUT2D eigenvalue weighted by molar-refractivity contribution is -0.151. The fourth-order valence-electron chi connectivity index (χ4n) is 8.98. The van der Waals surface area contributed by atoms with E-state index in [9.17, 15) is 19.2 Å². The number of carbonyl (C=O) groups excluding carboxylic acids is 4. The third-order valence-corrected chi connectivity index (χ3v) is 8.91. The topological polar surface area (TPSA) is 86.7 Å². The van der Waals surface area contributed by atoms with Crippen LogP contribution in [0.3, 0.4) is 0 Å². The molecule has 28 heavy (non-hydrogen) atoms. The maximum absolute atomic E-state index is 13.0. The van der Waals surface area contributed by atoms with E-state index in [4.69, 9.17) is 9.47 Å². The second kappa shape index (κ2) is 4.50. The van der Waals surface area contributed by atoms with Crippen LogP contribution in [-0.2, 0) is 28.7 Å². The Labute approximate surface area is 161 Å². The minimum atomic E-state index is -0.630. The fourth-order valence-corrected chi connectivity index (χ4v) is 8.98. The highest BCUT2D eigenvalue weighted by molar-refractivity contribution is 6.07. The summed E-state index contributed by atoms with van der Waals surface area (Å²) < 4.78 is 10.6.